The Kier molecular flexibility index (Phi) is 3.50. The number of nitrogens with zero attached hydrogens (tertiary/aromatic N) is 2. The quantitative estimate of drug-likeness (QED) is 0.802. The summed E-state index contributed by atoms with van der Waals surface area (Å²) in [7, 11) is 0. The standard InChI is InChI=1S/C16H12F2N2O/c17-12-6-7-15(18)14(8-12)16(21)11-9-19-20(10-11)13-4-2-1-3-5-13/h1-10,16,21H. The van der Waals surface area contributed by atoms with Crippen LogP contribution in [0.2, 0.25) is 0 Å². The molecule has 0 fully saturated rings. The molecule has 0 radical (unpaired) electrons. The molecule has 1 N–H and O–H groups in total. The topological polar surface area (TPSA) is 38.1 Å². The van der Waals surface area contributed by atoms with Crippen molar-refractivity contribution in [3.05, 3.63) is 83.7 Å². The second-order valence-electron chi connectivity index (χ2n) is 4.62. The van der Waals surface area contributed by atoms with Gasteiger partial charge in [-0.25, -0.2) is 13.5 Å². The van der Waals surface area contributed by atoms with Gasteiger partial charge in [-0.1, -0.05) is 18.2 Å². The summed E-state index contributed by atoms with van der Waals surface area (Å²) in [6.45, 7) is 0. The number of halogens is 2. The Hall–Kier alpha value is -2.53. The molecule has 0 aliphatic carbocycles. The molecule has 0 aliphatic heterocycles. The van der Waals surface area contributed by atoms with Crippen LogP contribution in [0.4, 0.5) is 8.78 Å². The van der Waals surface area contributed by atoms with Crippen molar-refractivity contribution < 1.29 is 13.9 Å². The lowest BCUT2D eigenvalue weighted by Gasteiger charge is -2.10. The molecular formula is C16H12F2N2O. The fourth-order valence-corrected chi connectivity index (χ4v) is 2.10. The molecule has 0 saturated heterocycles. The molecule has 3 rings (SSSR count). The molecule has 0 aliphatic rings. The number of aliphatic hydroxyl groups excluding tert-OH is 1. The summed E-state index contributed by atoms with van der Waals surface area (Å²) in [5, 5.41) is 14.3. The molecule has 0 bridgehead atoms. The predicted molar refractivity (Wildman–Crippen MR) is 74.0 cm³/mol. The van der Waals surface area contributed by atoms with Crippen LogP contribution in [0.5, 0.6) is 0 Å². The molecule has 21 heavy (non-hydrogen) atoms. The van der Waals surface area contributed by atoms with Crippen LogP contribution in [-0.4, -0.2) is 14.9 Å². The number of para-hydroxylation sites is 1. The summed E-state index contributed by atoms with van der Waals surface area (Å²) in [4.78, 5) is 0. The lowest BCUT2D eigenvalue weighted by atomic mass is 10.0. The fourth-order valence-electron chi connectivity index (χ4n) is 2.10. The summed E-state index contributed by atoms with van der Waals surface area (Å²) in [5.41, 5.74) is 1.10. The molecule has 0 amide bonds. The van der Waals surface area contributed by atoms with E-state index in [-0.39, 0.29) is 5.56 Å². The lowest BCUT2D eigenvalue weighted by molar-refractivity contribution is 0.214. The van der Waals surface area contributed by atoms with E-state index in [9.17, 15) is 13.9 Å². The van der Waals surface area contributed by atoms with E-state index in [0.29, 0.717) is 5.56 Å². The van der Waals surface area contributed by atoms with Gasteiger partial charge in [-0.15, -0.1) is 0 Å². The minimum absolute atomic E-state index is 0.109. The maximum atomic E-state index is 13.7. The van der Waals surface area contributed by atoms with Crippen molar-refractivity contribution in [3.63, 3.8) is 0 Å². The highest BCUT2D eigenvalue weighted by Gasteiger charge is 2.17. The highest BCUT2D eigenvalue weighted by atomic mass is 19.1. The largest absolute Gasteiger partial charge is 0.383 e. The van der Waals surface area contributed by atoms with E-state index < -0.39 is 17.7 Å². The smallest absolute Gasteiger partial charge is 0.129 e. The molecule has 0 saturated carbocycles. The first-order valence-corrected chi connectivity index (χ1v) is 6.38. The summed E-state index contributed by atoms with van der Waals surface area (Å²) in [6, 6.07) is 12.3. The Labute approximate surface area is 120 Å². The zero-order chi connectivity index (χ0) is 14.8. The minimum atomic E-state index is -1.27. The van der Waals surface area contributed by atoms with E-state index in [4.69, 9.17) is 0 Å². The van der Waals surface area contributed by atoms with Crippen LogP contribution >= 0.6 is 0 Å². The number of benzene rings is 2. The van der Waals surface area contributed by atoms with E-state index in [1.54, 1.807) is 10.9 Å². The Morgan fingerprint density at radius 1 is 1.05 bits per heavy atom. The van der Waals surface area contributed by atoms with E-state index in [0.717, 1.165) is 23.9 Å². The van der Waals surface area contributed by atoms with E-state index in [1.807, 2.05) is 30.3 Å². The molecule has 1 aromatic heterocycles. The van der Waals surface area contributed by atoms with Gasteiger partial charge >= 0.3 is 0 Å². The predicted octanol–water partition coefficient (Wildman–Crippen LogP) is 3.23. The molecule has 1 heterocycles. The second-order valence-corrected chi connectivity index (χ2v) is 4.62. The monoisotopic (exact) mass is 286 g/mol. The van der Waals surface area contributed by atoms with Gasteiger partial charge in [0.05, 0.1) is 11.9 Å². The Morgan fingerprint density at radius 2 is 1.81 bits per heavy atom. The number of hydrogen-bond acceptors (Lipinski definition) is 2. The van der Waals surface area contributed by atoms with Gasteiger partial charge < -0.3 is 5.11 Å². The van der Waals surface area contributed by atoms with E-state index in [1.165, 1.54) is 6.20 Å². The van der Waals surface area contributed by atoms with Crippen molar-refractivity contribution in [1.29, 1.82) is 0 Å². The van der Waals surface area contributed by atoms with Gasteiger partial charge in [-0.2, -0.15) is 5.10 Å². The van der Waals surface area contributed by atoms with Gasteiger partial charge in [0, 0.05) is 17.3 Å². The van der Waals surface area contributed by atoms with Crippen LogP contribution in [0.3, 0.4) is 0 Å². The van der Waals surface area contributed by atoms with Crippen LogP contribution in [0.15, 0.2) is 60.9 Å². The van der Waals surface area contributed by atoms with Crippen LogP contribution in [0, 0.1) is 11.6 Å². The number of hydrogen-bond donors (Lipinski definition) is 1. The van der Waals surface area contributed by atoms with Crippen molar-refractivity contribution in [3.8, 4) is 5.69 Å². The van der Waals surface area contributed by atoms with Crippen molar-refractivity contribution in [2.45, 2.75) is 6.10 Å². The van der Waals surface area contributed by atoms with Crippen molar-refractivity contribution in [2.24, 2.45) is 0 Å². The maximum Gasteiger partial charge on any atom is 0.129 e. The normalized spacial score (nSPS) is 12.3. The van der Waals surface area contributed by atoms with Crippen molar-refractivity contribution in [1.82, 2.24) is 9.78 Å². The van der Waals surface area contributed by atoms with Gasteiger partial charge in [0.2, 0.25) is 0 Å². The summed E-state index contributed by atoms with van der Waals surface area (Å²) < 4.78 is 28.4. The van der Waals surface area contributed by atoms with Crippen LogP contribution in [-0.2, 0) is 0 Å². The maximum absolute atomic E-state index is 13.7. The van der Waals surface area contributed by atoms with Crippen LogP contribution < -0.4 is 0 Å². The first-order valence-electron chi connectivity index (χ1n) is 6.38. The van der Waals surface area contributed by atoms with Gasteiger partial charge in [0.25, 0.3) is 0 Å². The molecule has 3 nitrogen and oxygen atoms in total. The summed E-state index contributed by atoms with van der Waals surface area (Å²) in [6.07, 6.45) is 1.75. The fraction of sp³-hybridized carbons (Fsp3) is 0.0625. The molecule has 1 unspecified atom stereocenters. The highest BCUT2D eigenvalue weighted by Crippen LogP contribution is 2.25. The Balaban J connectivity index is 1.94. The van der Waals surface area contributed by atoms with Crippen molar-refractivity contribution in [2.75, 3.05) is 0 Å². The average molecular weight is 286 g/mol. The Morgan fingerprint density at radius 3 is 2.57 bits per heavy atom. The first kappa shape index (κ1) is 13.5. The zero-order valence-electron chi connectivity index (χ0n) is 10.9. The van der Waals surface area contributed by atoms with E-state index >= 15 is 0 Å². The third-order valence-electron chi connectivity index (χ3n) is 3.19. The van der Waals surface area contributed by atoms with Crippen LogP contribution in [0.1, 0.15) is 17.2 Å². The third kappa shape index (κ3) is 2.68. The lowest BCUT2D eigenvalue weighted by Crippen LogP contribution is -2.02. The zero-order valence-corrected chi connectivity index (χ0v) is 10.9. The molecule has 3 aromatic rings. The number of aliphatic hydroxyl groups is 1. The van der Waals surface area contributed by atoms with Gasteiger partial charge in [-0.3, -0.25) is 0 Å². The Bertz CT molecular complexity index is 756. The second kappa shape index (κ2) is 5.46. The number of rotatable bonds is 3. The third-order valence-corrected chi connectivity index (χ3v) is 3.19. The molecule has 2 aromatic carbocycles. The summed E-state index contributed by atoms with van der Waals surface area (Å²) in [5.74, 6) is -1.25. The molecule has 106 valence electrons. The summed E-state index contributed by atoms with van der Waals surface area (Å²) >= 11 is 0. The first-order chi connectivity index (χ1) is 10.1. The molecular weight excluding hydrogens is 274 g/mol. The van der Waals surface area contributed by atoms with E-state index in [2.05, 4.69) is 5.10 Å². The van der Waals surface area contributed by atoms with Gasteiger partial charge in [0.15, 0.2) is 0 Å². The van der Waals surface area contributed by atoms with Gasteiger partial charge in [0.1, 0.15) is 17.7 Å². The average Bonchev–Trinajstić information content (AvgIpc) is 3.00. The molecule has 1 atom stereocenters. The minimum Gasteiger partial charge on any atom is -0.383 e. The molecule has 5 heteroatoms. The van der Waals surface area contributed by atoms with Crippen LogP contribution in [0.25, 0.3) is 5.69 Å². The van der Waals surface area contributed by atoms with Crippen molar-refractivity contribution >= 4 is 0 Å². The van der Waals surface area contributed by atoms with Gasteiger partial charge in [-0.05, 0) is 30.3 Å². The highest BCUT2D eigenvalue weighted by molar-refractivity contribution is 5.34. The molecule has 0 spiro atoms. The number of aromatic nitrogens is 2. The SMILES string of the molecule is OC(c1cnn(-c2ccccc2)c1)c1cc(F)ccc1F.